The van der Waals surface area contributed by atoms with Crippen molar-refractivity contribution in [3.8, 4) is 0 Å². The van der Waals surface area contributed by atoms with Crippen LogP contribution >= 0.6 is 0 Å². The van der Waals surface area contributed by atoms with E-state index in [4.69, 9.17) is 30.3 Å². The summed E-state index contributed by atoms with van der Waals surface area (Å²) >= 11 is 0. The first-order valence-corrected chi connectivity index (χ1v) is 1.10. The standard InChI is InChI=1S/Li.3HNO2.Ni/c;3*2-1-3;/h;3*(H,2,3);/q+1;;;;+2/p-3. The van der Waals surface area contributed by atoms with Gasteiger partial charge in [0.1, 0.15) is 0 Å². The smallest absolute Gasteiger partial charge is 0.444 e. The number of hydrogen-bond acceptors (Lipinski definition) is 9. The Bertz CT molecular complexity index is 54.6. The van der Waals surface area contributed by atoms with Crippen molar-refractivity contribution in [2.24, 2.45) is 16.0 Å². The fourth-order valence-electron chi connectivity index (χ4n) is 0. The van der Waals surface area contributed by atoms with Crippen LogP contribution in [0.15, 0.2) is 16.0 Å². The van der Waals surface area contributed by atoms with Crippen LogP contribution in [0.4, 0.5) is 0 Å². The zero-order valence-electron chi connectivity index (χ0n) is 5.11. The average molecular weight is 204 g/mol. The molecule has 0 saturated heterocycles. The first-order chi connectivity index (χ1) is 4.24. The van der Waals surface area contributed by atoms with Crippen molar-refractivity contribution in [1.82, 2.24) is 0 Å². The molecule has 0 saturated carbocycles. The van der Waals surface area contributed by atoms with Crippen LogP contribution in [-0.2, 0) is 16.5 Å². The van der Waals surface area contributed by atoms with Gasteiger partial charge in [-0.25, -0.2) is 0 Å². The first kappa shape index (κ1) is 31.7. The van der Waals surface area contributed by atoms with E-state index < -0.39 is 0 Å². The van der Waals surface area contributed by atoms with Gasteiger partial charge in [-0.3, -0.25) is 0 Å². The Morgan fingerprint density at radius 1 is 0.727 bits per heavy atom. The largest absolute Gasteiger partial charge is 2.00 e. The van der Waals surface area contributed by atoms with Crippen LogP contribution in [0.2, 0.25) is 0 Å². The monoisotopic (exact) mass is 203 g/mol. The fourth-order valence-corrected chi connectivity index (χ4v) is 0. The summed E-state index contributed by atoms with van der Waals surface area (Å²) in [6.45, 7) is 0. The summed E-state index contributed by atoms with van der Waals surface area (Å²) in [5.74, 6) is 0. The Morgan fingerprint density at radius 2 is 0.727 bits per heavy atom. The molecule has 0 radical (unpaired) electrons. The Balaban J connectivity index is -0.0000000150. The van der Waals surface area contributed by atoms with Gasteiger partial charge in [0.05, 0.1) is 0 Å². The molecule has 0 aliphatic carbocycles. The SMILES string of the molecule is O=N[O-].O=N[O-].O=N[O-].[Li+].[Ni+2]. The van der Waals surface area contributed by atoms with Crippen molar-refractivity contribution in [3.63, 3.8) is 0 Å². The molecule has 0 heterocycles. The summed E-state index contributed by atoms with van der Waals surface area (Å²) in [5.41, 5.74) is 0. The van der Waals surface area contributed by atoms with Gasteiger partial charge in [-0.2, -0.15) is 0 Å². The van der Waals surface area contributed by atoms with Crippen molar-refractivity contribution in [3.05, 3.63) is 30.3 Å². The van der Waals surface area contributed by atoms with Gasteiger partial charge >= 0.3 is 35.4 Å². The van der Waals surface area contributed by atoms with E-state index in [-0.39, 0.29) is 35.4 Å². The molecule has 0 spiro atoms. The second-order valence-electron chi connectivity index (χ2n) is 0.224. The van der Waals surface area contributed by atoms with Gasteiger partial charge < -0.3 is 30.3 Å². The molecule has 9 nitrogen and oxygen atoms in total. The van der Waals surface area contributed by atoms with E-state index in [0.717, 1.165) is 16.0 Å². The molecule has 0 fully saturated rings. The van der Waals surface area contributed by atoms with E-state index >= 15 is 0 Å². The van der Waals surface area contributed by atoms with Crippen LogP contribution in [0.1, 0.15) is 0 Å². The van der Waals surface area contributed by atoms with Gasteiger partial charge in [-0.05, 0) is 0 Å². The third-order valence-electron chi connectivity index (χ3n) is 0. The molecule has 0 aliphatic heterocycles. The molecular formula is LiN3NiO6. The first-order valence-electron chi connectivity index (χ1n) is 1.10. The van der Waals surface area contributed by atoms with Crippen LogP contribution in [0.25, 0.3) is 0 Å². The Hall–Kier alpha value is -0.709. The van der Waals surface area contributed by atoms with E-state index in [1.165, 1.54) is 0 Å². The van der Waals surface area contributed by atoms with Crippen LogP contribution in [0.3, 0.4) is 0 Å². The van der Waals surface area contributed by atoms with Crippen molar-refractivity contribution < 1.29 is 35.4 Å². The van der Waals surface area contributed by atoms with Gasteiger partial charge in [0, 0.05) is 0 Å². The normalized spacial score (nSPS) is 3.27. The minimum Gasteiger partial charge on any atom is -0.444 e. The van der Waals surface area contributed by atoms with Crippen molar-refractivity contribution in [2.75, 3.05) is 0 Å². The molecule has 0 rings (SSSR count). The van der Waals surface area contributed by atoms with Crippen molar-refractivity contribution in [2.45, 2.75) is 0 Å². The number of hydrogen-bond donors (Lipinski definition) is 0. The maximum absolute atomic E-state index is 8.00. The molecule has 0 N–H and O–H groups in total. The molecule has 11 heteroatoms. The summed E-state index contributed by atoms with van der Waals surface area (Å²) in [5, 5.41) is 27.0. The molecular weight excluding hydrogens is 204 g/mol. The Labute approximate surface area is 82.1 Å². The second-order valence-corrected chi connectivity index (χ2v) is 0.224. The van der Waals surface area contributed by atoms with Crippen LogP contribution in [-0.4, -0.2) is 0 Å². The van der Waals surface area contributed by atoms with E-state index in [2.05, 4.69) is 0 Å². The molecule has 0 amide bonds. The predicted molar refractivity (Wildman–Crippen MR) is 27.5 cm³/mol. The van der Waals surface area contributed by atoms with Crippen LogP contribution in [0, 0.1) is 30.3 Å². The summed E-state index contributed by atoms with van der Waals surface area (Å²) in [6.07, 6.45) is 0. The van der Waals surface area contributed by atoms with Gasteiger partial charge in [-0.15, -0.1) is 16.0 Å². The molecule has 0 aromatic rings. The quantitative estimate of drug-likeness (QED) is 0.246. The van der Waals surface area contributed by atoms with E-state index in [1.54, 1.807) is 0 Å². The third kappa shape index (κ3) is 982. The van der Waals surface area contributed by atoms with Gasteiger partial charge in [-0.1, -0.05) is 0 Å². The number of nitrogens with zero attached hydrogens (tertiary/aromatic N) is 3. The van der Waals surface area contributed by atoms with Gasteiger partial charge in [0.25, 0.3) is 0 Å². The third-order valence-corrected chi connectivity index (χ3v) is 0. The van der Waals surface area contributed by atoms with Gasteiger partial charge in [0.2, 0.25) is 0 Å². The van der Waals surface area contributed by atoms with E-state index in [1.807, 2.05) is 0 Å². The Morgan fingerprint density at radius 3 is 0.727 bits per heavy atom. The molecule has 0 bridgehead atoms. The molecule has 0 atom stereocenters. The summed E-state index contributed by atoms with van der Waals surface area (Å²) in [7, 11) is 0. The summed E-state index contributed by atoms with van der Waals surface area (Å²) < 4.78 is 0. The molecule has 11 heavy (non-hydrogen) atoms. The Kier molecular flexibility index (Phi) is 351. The van der Waals surface area contributed by atoms with Crippen LogP contribution in [0.5, 0.6) is 0 Å². The topological polar surface area (TPSA) is 157 Å². The maximum atomic E-state index is 8.00. The van der Waals surface area contributed by atoms with E-state index in [9.17, 15) is 0 Å². The maximum Gasteiger partial charge on any atom is 2.00 e. The molecule has 62 valence electrons. The molecule has 0 aliphatic rings. The minimum absolute atomic E-state index is 0. The average Bonchev–Trinajstić information content (AvgIpc) is 1.70. The zero-order chi connectivity index (χ0) is 8.12. The minimum atomic E-state index is 0. The van der Waals surface area contributed by atoms with Gasteiger partial charge in [0.15, 0.2) is 0 Å². The molecule has 0 aromatic carbocycles. The second kappa shape index (κ2) is 122. The number of rotatable bonds is 0. The molecule has 0 aromatic heterocycles. The summed E-state index contributed by atoms with van der Waals surface area (Å²) in [6, 6.07) is 0. The fraction of sp³-hybridized carbons (Fsp3) is 0. The predicted octanol–water partition coefficient (Wildman–Crippen LogP) is -2.25. The summed E-state index contributed by atoms with van der Waals surface area (Å²) in [4.78, 5) is 24.0. The van der Waals surface area contributed by atoms with Crippen molar-refractivity contribution >= 4 is 0 Å². The molecule has 0 unspecified atom stereocenters. The van der Waals surface area contributed by atoms with Crippen molar-refractivity contribution in [1.29, 1.82) is 0 Å². The van der Waals surface area contributed by atoms with E-state index in [0.29, 0.717) is 0 Å². The van der Waals surface area contributed by atoms with Crippen LogP contribution < -0.4 is 18.9 Å². The zero-order valence-corrected chi connectivity index (χ0v) is 6.09.